The lowest BCUT2D eigenvalue weighted by molar-refractivity contribution is -0.123. The van der Waals surface area contributed by atoms with Crippen LogP contribution in [0.4, 0.5) is 0 Å². The van der Waals surface area contributed by atoms with E-state index in [4.69, 9.17) is 20.8 Å². The van der Waals surface area contributed by atoms with Crippen LogP contribution in [-0.4, -0.2) is 18.7 Å². The van der Waals surface area contributed by atoms with E-state index in [1.807, 2.05) is 56.3 Å². The molecule has 0 saturated heterocycles. The lowest BCUT2D eigenvalue weighted by atomic mass is 10.1. The van der Waals surface area contributed by atoms with Gasteiger partial charge in [0.05, 0.1) is 6.21 Å². The number of carbonyl (C=O) groups excluding carboxylic acids is 1. The summed E-state index contributed by atoms with van der Waals surface area (Å²) in [4.78, 5) is 11.9. The van der Waals surface area contributed by atoms with Crippen molar-refractivity contribution in [3.63, 3.8) is 0 Å². The molecule has 1 heterocycles. The van der Waals surface area contributed by atoms with E-state index in [1.165, 1.54) is 6.21 Å². The Morgan fingerprint density at radius 3 is 2.81 bits per heavy atom. The number of nitrogens with one attached hydrogen (secondary N) is 1. The van der Waals surface area contributed by atoms with Crippen LogP contribution in [-0.2, 0) is 4.79 Å². The molecule has 6 heteroatoms. The van der Waals surface area contributed by atoms with Gasteiger partial charge < -0.3 is 9.15 Å². The monoisotopic (exact) mass is 382 g/mol. The molecule has 0 atom stereocenters. The number of hydrogen-bond acceptors (Lipinski definition) is 4. The van der Waals surface area contributed by atoms with E-state index in [-0.39, 0.29) is 12.5 Å². The molecule has 0 unspecified atom stereocenters. The lowest BCUT2D eigenvalue weighted by Gasteiger charge is -2.09. The second kappa shape index (κ2) is 8.56. The van der Waals surface area contributed by atoms with Crippen LogP contribution >= 0.6 is 11.6 Å². The van der Waals surface area contributed by atoms with Gasteiger partial charge >= 0.3 is 0 Å². The Bertz CT molecular complexity index is 979. The fourth-order valence-electron chi connectivity index (χ4n) is 2.44. The summed E-state index contributed by atoms with van der Waals surface area (Å²) in [5.41, 5.74) is 5.41. The van der Waals surface area contributed by atoms with Crippen molar-refractivity contribution in [1.29, 1.82) is 0 Å². The van der Waals surface area contributed by atoms with Gasteiger partial charge in [0.25, 0.3) is 5.91 Å². The lowest BCUT2D eigenvalue weighted by Crippen LogP contribution is -2.24. The van der Waals surface area contributed by atoms with Crippen molar-refractivity contribution < 1.29 is 13.9 Å². The van der Waals surface area contributed by atoms with Crippen molar-refractivity contribution in [3.8, 4) is 17.1 Å². The fourth-order valence-corrected chi connectivity index (χ4v) is 2.63. The molecule has 138 valence electrons. The summed E-state index contributed by atoms with van der Waals surface area (Å²) >= 11 is 5.98. The van der Waals surface area contributed by atoms with E-state index >= 15 is 0 Å². The largest absolute Gasteiger partial charge is 0.483 e. The van der Waals surface area contributed by atoms with Gasteiger partial charge in [-0.2, -0.15) is 5.10 Å². The molecule has 0 radical (unpaired) electrons. The highest BCUT2D eigenvalue weighted by Gasteiger charge is 2.06. The zero-order chi connectivity index (χ0) is 19.2. The molecule has 0 saturated carbocycles. The highest BCUT2D eigenvalue weighted by molar-refractivity contribution is 6.30. The summed E-state index contributed by atoms with van der Waals surface area (Å²) in [7, 11) is 0. The van der Waals surface area contributed by atoms with Crippen LogP contribution in [0.1, 0.15) is 16.9 Å². The minimum absolute atomic E-state index is 0.118. The Hall–Kier alpha value is -3.05. The second-order valence-corrected chi connectivity index (χ2v) is 6.43. The zero-order valence-corrected chi connectivity index (χ0v) is 15.8. The number of hydrogen-bond donors (Lipinski definition) is 1. The van der Waals surface area contributed by atoms with Crippen LogP contribution in [0.15, 0.2) is 64.1 Å². The Balaban J connectivity index is 1.53. The number of carbonyl (C=O) groups is 1. The van der Waals surface area contributed by atoms with Crippen LogP contribution in [0.5, 0.6) is 5.75 Å². The summed E-state index contributed by atoms with van der Waals surface area (Å²) in [6.45, 7) is 3.83. The number of ether oxygens (including phenoxy) is 1. The predicted octanol–water partition coefficient (Wildman–Crippen LogP) is 4.75. The van der Waals surface area contributed by atoms with E-state index in [9.17, 15) is 4.79 Å². The molecular formula is C21H19ClN2O3. The average molecular weight is 383 g/mol. The summed E-state index contributed by atoms with van der Waals surface area (Å²) in [5.74, 6) is 1.52. The maximum atomic E-state index is 11.9. The Morgan fingerprint density at radius 1 is 1.19 bits per heavy atom. The average Bonchev–Trinajstić information content (AvgIpc) is 3.12. The van der Waals surface area contributed by atoms with Crippen molar-refractivity contribution in [2.45, 2.75) is 13.8 Å². The molecule has 3 aromatic rings. The first-order valence-corrected chi connectivity index (χ1v) is 8.77. The van der Waals surface area contributed by atoms with Gasteiger partial charge in [-0.15, -0.1) is 0 Å². The van der Waals surface area contributed by atoms with Crippen LogP contribution in [0, 0.1) is 13.8 Å². The number of amides is 1. The van der Waals surface area contributed by atoms with Gasteiger partial charge in [0.2, 0.25) is 0 Å². The van der Waals surface area contributed by atoms with E-state index in [2.05, 4.69) is 10.5 Å². The third-order valence-corrected chi connectivity index (χ3v) is 4.27. The summed E-state index contributed by atoms with van der Waals surface area (Å²) in [5, 5.41) is 4.53. The van der Waals surface area contributed by atoms with Crippen LogP contribution in [0.3, 0.4) is 0 Å². The number of halogens is 1. The van der Waals surface area contributed by atoms with Crippen LogP contribution < -0.4 is 10.2 Å². The van der Waals surface area contributed by atoms with Gasteiger partial charge in [-0.3, -0.25) is 4.79 Å². The number of nitrogens with zero attached hydrogens (tertiary/aromatic N) is 1. The van der Waals surface area contributed by atoms with E-state index in [1.54, 1.807) is 12.1 Å². The predicted molar refractivity (Wildman–Crippen MR) is 106 cm³/mol. The molecule has 3 rings (SSSR count). The molecule has 2 aromatic carbocycles. The standard InChI is InChI=1S/C21H19ClN2O3/c1-14-5-3-8-19(15(14)2)26-13-21(25)24-23-12-18-9-10-20(27-18)16-6-4-7-17(22)11-16/h3-12H,13H2,1-2H3,(H,24,25)/b23-12-. The summed E-state index contributed by atoms with van der Waals surface area (Å²) in [6.07, 6.45) is 1.43. The highest BCUT2D eigenvalue weighted by Crippen LogP contribution is 2.24. The van der Waals surface area contributed by atoms with Crippen molar-refractivity contribution in [2.75, 3.05) is 6.61 Å². The van der Waals surface area contributed by atoms with Gasteiger partial charge in [0, 0.05) is 10.6 Å². The van der Waals surface area contributed by atoms with E-state index in [0.717, 1.165) is 16.7 Å². The Morgan fingerprint density at radius 2 is 2.00 bits per heavy atom. The highest BCUT2D eigenvalue weighted by atomic mass is 35.5. The third-order valence-electron chi connectivity index (χ3n) is 4.03. The van der Waals surface area contributed by atoms with Gasteiger partial charge in [0.15, 0.2) is 6.61 Å². The molecule has 1 amide bonds. The number of benzene rings is 2. The molecule has 1 aromatic heterocycles. The normalized spacial score (nSPS) is 10.9. The SMILES string of the molecule is Cc1cccc(OCC(=O)N/N=C\c2ccc(-c3cccc(Cl)c3)o2)c1C. The summed E-state index contributed by atoms with van der Waals surface area (Å²) in [6, 6.07) is 16.7. The third kappa shape index (κ3) is 4.99. The van der Waals surface area contributed by atoms with Crippen LogP contribution in [0.25, 0.3) is 11.3 Å². The quantitative estimate of drug-likeness (QED) is 0.494. The maximum absolute atomic E-state index is 11.9. The fraction of sp³-hybridized carbons (Fsp3) is 0.143. The minimum Gasteiger partial charge on any atom is -0.483 e. The molecule has 5 nitrogen and oxygen atoms in total. The zero-order valence-electron chi connectivity index (χ0n) is 15.0. The first-order valence-electron chi connectivity index (χ1n) is 8.39. The topological polar surface area (TPSA) is 63.8 Å². The van der Waals surface area contributed by atoms with Crippen LogP contribution in [0.2, 0.25) is 5.02 Å². The van der Waals surface area contributed by atoms with Gasteiger partial charge in [-0.25, -0.2) is 5.43 Å². The van der Waals surface area contributed by atoms with Gasteiger partial charge in [0.1, 0.15) is 17.3 Å². The molecule has 0 aliphatic heterocycles. The first kappa shape index (κ1) is 18.7. The van der Waals surface area contributed by atoms with E-state index < -0.39 is 0 Å². The van der Waals surface area contributed by atoms with Crippen molar-refractivity contribution in [1.82, 2.24) is 5.43 Å². The summed E-state index contributed by atoms with van der Waals surface area (Å²) < 4.78 is 11.2. The van der Waals surface area contributed by atoms with Gasteiger partial charge in [-0.1, -0.05) is 35.9 Å². The molecule has 27 heavy (non-hydrogen) atoms. The van der Waals surface area contributed by atoms with E-state index in [0.29, 0.717) is 22.3 Å². The number of hydrazone groups is 1. The molecule has 0 spiro atoms. The Labute approximate surface area is 162 Å². The minimum atomic E-state index is -0.353. The molecular weight excluding hydrogens is 364 g/mol. The molecule has 0 bridgehead atoms. The molecule has 0 fully saturated rings. The number of rotatable bonds is 6. The maximum Gasteiger partial charge on any atom is 0.277 e. The van der Waals surface area contributed by atoms with Crippen molar-refractivity contribution in [2.24, 2.45) is 5.10 Å². The Kier molecular flexibility index (Phi) is 5.94. The second-order valence-electron chi connectivity index (χ2n) is 5.99. The van der Waals surface area contributed by atoms with Gasteiger partial charge in [-0.05, 0) is 55.3 Å². The smallest absolute Gasteiger partial charge is 0.277 e. The molecule has 0 aliphatic rings. The molecule has 1 N–H and O–H groups in total. The first-order chi connectivity index (χ1) is 13.0. The van der Waals surface area contributed by atoms with Crippen molar-refractivity contribution >= 4 is 23.7 Å². The molecule has 0 aliphatic carbocycles. The van der Waals surface area contributed by atoms with Crippen molar-refractivity contribution in [3.05, 3.63) is 76.5 Å². The number of aryl methyl sites for hydroxylation is 1. The number of furan rings is 1.